The second-order valence-corrected chi connectivity index (χ2v) is 28.0. The summed E-state index contributed by atoms with van der Waals surface area (Å²) < 4.78 is 7.31. The lowest BCUT2D eigenvalue weighted by atomic mass is 9.85. The van der Waals surface area contributed by atoms with E-state index in [0.29, 0.717) is 56.8 Å². The molecule has 5 aliphatic rings. The molecule has 5 aliphatic heterocycles. The summed E-state index contributed by atoms with van der Waals surface area (Å²) in [6.07, 6.45) is 20.4. The number of pyridine rings is 5. The van der Waals surface area contributed by atoms with Crippen molar-refractivity contribution in [1.29, 1.82) is 0 Å². The minimum atomic E-state index is -0.0502. The highest BCUT2D eigenvalue weighted by molar-refractivity contribution is 5.81. The summed E-state index contributed by atoms with van der Waals surface area (Å²) in [5.41, 5.74) is 10.8. The van der Waals surface area contributed by atoms with Gasteiger partial charge in [0.1, 0.15) is 46.1 Å². The van der Waals surface area contributed by atoms with Crippen LogP contribution in [0.2, 0.25) is 0 Å². The first-order chi connectivity index (χ1) is 50.0. The molecule has 0 saturated carbocycles. The number of aromatic nitrogens is 13. The van der Waals surface area contributed by atoms with Crippen molar-refractivity contribution in [3.8, 4) is 47.4 Å². The van der Waals surface area contributed by atoms with Gasteiger partial charge in [-0.1, -0.05) is 74.8 Å². The second kappa shape index (κ2) is 29.6. The van der Waals surface area contributed by atoms with Crippen LogP contribution in [-0.2, 0) is 51.9 Å². The molecule has 12 aromatic rings. The summed E-state index contributed by atoms with van der Waals surface area (Å²) in [7, 11) is 2.18. The smallest absolute Gasteiger partial charge is 0.280 e. The molecule has 0 radical (unpaired) electrons. The quantitative estimate of drug-likeness (QED) is 0.111. The number of benzene rings is 3. The highest BCUT2D eigenvalue weighted by Gasteiger charge is 2.42. The van der Waals surface area contributed by atoms with Gasteiger partial charge in [0.15, 0.2) is 5.52 Å². The van der Waals surface area contributed by atoms with Gasteiger partial charge in [-0.15, -0.1) is 6.58 Å². The summed E-state index contributed by atoms with van der Waals surface area (Å²) in [6.45, 7) is 16.4. The molecule has 103 heavy (non-hydrogen) atoms. The molecule has 0 amide bonds. The number of rotatable bonds is 1. The minimum Gasteiger partial charge on any atom is -0.299 e. The Balaban J connectivity index is 0.000000116. The Labute approximate surface area is 596 Å². The molecule has 14 heterocycles. The van der Waals surface area contributed by atoms with Crippen LogP contribution in [0.4, 0.5) is 0 Å². The van der Waals surface area contributed by atoms with E-state index >= 15 is 0 Å². The van der Waals surface area contributed by atoms with Gasteiger partial charge < -0.3 is 0 Å². The molecule has 9 aromatic heterocycles. The summed E-state index contributed by atoms with van der Waals surface area (Å²) in [5.74, 6) is 28.9. The number of likely N-dealkylation sites (N-methyl/N-ethyl adjacent to an activating group) is 1. The zero-order valence-corrected chi connectivity index (χ0v) is 58.5. The zero-order chi connectivity index (χ0) is 71.2. The Bertz CT molecular complexity index is 5820. The van der Waals surface area contributed by atoms with Crippen LogP contribution in [0.1, 0.15) is 133 Å². The number of allylic oxidation sites excluding steroid dienone is 1. The molecule has 1 fully saturated rings. The molecule has 0 bridgehead atoms. The molecule has 1 spiro atoms. The summed E-state index contributed by atoms with van der Waals surface area (Å²) in [4.78, 5) is 94.0. The van der Waals surface area contributed by atoms with Crippen LogP contribution < -0.4 is 22.2 Å². The van der Waals surface area contributed by atoms with Crippen molar-refractivity contribution in [3.05, 3.63) is 286 Å². The first-order valence-corrected chi connectivity index (χ1v) is 35.1. The third-order valence-corrected chi connectivity index (χ3v) is 19.9. The molecule has 0 N–H and O–H groups in total. The van der Waals surface area contributed by atoms with Crippen LogP contribution in [0.5, 0.6) is 0 Å². The number of likely N-dealkylation sites (tertiary alicyclic amines) is 1. The van der Waals surface area contributed by atoms with Gasteiger partial charge in [0, 0.05) is 111 Å². The standard InChI is InChI=1S/C23H22N4O.C22H21N3O.C21H17N3O.C19H16N4O/c1-26-14-4-11-23(26)12-10-21-25-20-15-17(6-8-18-5-2-3-13-24-18)7-9-19(20)22(28)27(21)16-23;1-15-4-7-17(23-13-15)8-5-16-6-9-18-19(12-16)24-20-10-11-22(2,3)14-25(20)21(18)26;1-2-15-8-11-20-23-19-13-16(6-9-17-5-3-4-12-22-17)7-10-18(19)21(25)24(20)14-15;1-13-5-8-17-22-16-10-14(6-7-15-4-2-3-9-20-15)11-21-18(16)19(24)23(17)12-13/h2-3,5,7,9,13,15H,4,10-12,14,16H2,1H3;4,6-7,9,12-13H,10-11,14H2,1-3H3;2-5,7,10,12-13,15H,1,8,11,14H2;2-4,9-11,13H,5,8,12H2,1H3. The predicted molar refractivity (Wildman–Crippen MR) is 402 cm³/mol. The van der Waals surface area contributed by atoms with Crippen LogP contribution in [0, 0.1) is 71.5 Å². The average molecular weight is 1360 g/mol. The number of hydrogen-bond donors (Lipinski definition) is 0. The fraction of sp³-hybridized carbons (Fsp3) is 0.282. The van der Waals surface area contributed by atoms with Gasteiger partial charge in [0.25, 0.3) is 22.2 Å². The molecule has 510 valence electrons. The molecule has 18 heteroatoms. The van der Waals surface area contributed by atoms with E-state index in [1.54, 1.807) is 40.1 Å². The normalized spacial score (nSPS) is 17.3. The summed E-state index contributed by atoms with van der Waals surface area (Å²) in [6, 6.07) is 39.5. The largest absolute Gasteiger partial charge is 0.299 e. The maximum absolute atomic E-state index is 13.2. The second-order valence-electron chi connectivity index (χ2n) is 28.0. The summed E-state index contributed by atoms with van der Waals surface area (Å²) >= 11 is 0. The van der Waals surface area contributed by atoms with Gasteiger partial charge in [-0.25, -0.2) is 44.9 Å². The monoisotopic (exact) mass is 1360 g/mol. The van der Waals surface area contributed by atoms with Crippen molar-refractivity contribution < 1.29 is 0 Å². The number of hydrogen-bond acceptors (Lipinski definition) is 14. The van der Waals surface area contributed by atoms with E-state index < -0.39 is 0 Å². The molecule has 18 nitrogen and oxygen atoms in total. The third kappa shape index (κ3) is 15.3. The van der Waals surface area contributed by atoms with E-state index in [9.17, 15) is 19.2 Å². The molecular weight excluding hydrogens is 1280 g/mol. The molecule has 3 aromatic carbocycles. The lowest BCUT2D eigenvalue weighted by molar-refractivity contribution is 0.117. The van der Waals surface area contributed by atoms with Gasteiger partial charge in [-0.2, -0.15) is 0 Å². The van der Waals surface area contributed by atoms with E-state index in [4.69, 9.17) is 15.0 Å². The Morgan fingerprint density at radius 3 is 1.45 bits per heavy atom. The van der Waals surface area contributed by atoms with Crippen molar-refractivity contribution >= 4 is 43.7 Å². The van der Waals surface area contributed by atoms with Crippen LogP contribution >= 0.6 is 0 Å². The average Bonchev–Trinajstić information content (AvgIpc) is 1.73. The van der Waals surface area contributed by atoms with E-state index in [1.165, 1.54) is 6.42 Å². The lowest BCUT2D eigenvalue weighted by Gasteiger charge is -2.40. The van der Waals surface area contributed by atoms with Crippen molar-refractivity contribution in [1.82, 2.24) is 68.0 Å². The Kier molecular flexibility index (Phi) is 19.6. The maximum atomic E-state index is 13.2. The highest BCUT2D eigenvalue weighted by atomic mass is 16.1. The van der Waals surface area contributed by atoms with Gasteiger partial charge in [0.05, 0.1) is 38.2 Å². The molecular formula is C85H76N14O4. The van der Waals surface area contributed by atoms with E-state index in [-0.39, 0.29) is 33.2 Å². The molecule has 0 aliphatic carbocycles. The van der Waals surface area contributed by atoms with Gasteiger partial charge in [0.2, 0.25) is 0 Å². The molecule has 17 rings (SSSR count). The highest BCUT2D eigenvalue weighted by Crippen LogP contribution is 2.37. The Hall–Kier alpha value is -12.1. The van der Waals surface area contributed by atoms with E-state index in [0.717, 1.165) is 163 Å². The molecule has 3 atom stereocenters. The maximum Gasteiger partial charge on any atom is 0.280 e. The minimum absolute atomic E-state index is 0.0239. The number of fused-ring (bicyclic) bond motifs is 8. The van der Waals surface area contributed by atoms with Crippen LogP contribution in [-0.4, -0.2) is 87.2 Å². The van der Waals surface area contributed by atoms with Gasteiger partial charge in [-0.05, 0) is 209 Å². The SMILES string of the molecule is C=CC1CCc2nc3cc(C#Cc4ccccn4)ccc3c(=O)n2C1.CC1CCc2nc3cc(C#Cc4ccccn4)cnc3c(=O)n2C1.CN1CCCC12CCc1nc3cc(C#Cc4ccccn4)ccc3c(=O)n1C2.Cc1ccc(C#Cc2ccc3c(=O)n4c(nc3c2)CCC(C)(C)C4)nc1. The first-order valence-electron chi connectivity index (χ1n) is 35.1. The fourth-order valence-corrected chi connectivity index (χ4v) is 14.0. The summed E-state index contributed by atoms with van der Waals surface area (Å²) in [5, 5.41) is 1.96. The van der Waals surface area contributed by atoms with Gasteiger partial charge in [-0.3, -0.25) is 42.3 Å². The van der Waals surface area contributed by atoms with Crippen molar-refractivity contribution in [2.75, 3.05) is 13.6 Å². The molecule has 1 saturated heterocycles. The van der Waals surface area contributed by atoms with Crippen molar-refractivity contribution in [3.63, 3.8) is 0 Å². The van der Waals surface area contributed by atoms with Crippen molar-refractivity contribution in [2.45, 2.75) is 124 Å². The Morgan fingerprint density at radius 2 is 0.942 bits per heavy atom. The first kappa shape index (κ1) is 68.1. The Morgan fingerprint density at radius 1 is 0.466 bits per heavy atom. The van der Waals surface area contributed by atoms with Crippen LogP contribution in [0.25, 0.3) is 43.7 Å². The predicted octanol–water partition coefficient (Wildman–Crippen LogP) is 11.2. The van der Waals surface area contributed by atoms with Crippen molar-refractivity contribution in [2.24, 2.45) is 17.3 Å². The number of nitrogens with zero attached hydrogens (tertiary/aromatic N) is 14. The third-order valence-electron chi connectivity index (χ3n) is 19.9. The zero-order valence-electron chi connectivity index (χ0n) is 58.5. The van der Waals surface area contributed by atoms with Crippen LogP contribution in [0.3, 0.4) is 0 Å². The van der Waals surface area contributed by atoms with Gasteiger partial charge >= 0.3 is 0 Å². The fourth-order valence-electron chi connectivity index (χ4n) is 14.0. The lowest BCUT2D eigenvalue weighted by Crippen LogP contribution is -2.51. The molecule has 3 unspecified atom stereocenters. The topological polar surface area (TPSA) is 207 Å². The van der Waals surface area contributed by atoms with E-state index in [2.05, 4.69) is 117 Å². The number of aryl methyl sites for hydroxylation is 5. The van der Waals surface area contributed by atoms with E-state index in [1.807, 2.05) is 150 Å². The van der Waals surface area contributed by atoms with Crippen LogP contribution in [0.15, 0.2) is 190 Å².